The van der Waals surface area contributed by atoms with Crippen molar-refractivity contribution in [1.82, 2.24) is 0 Å². The van der Waals surface area contributed by atoms with Crippen molar-refractivity contribution in [2.24, 2.45) is 0 Å². The van der Waals surface area contributed by atoms with Crippen molar-refractivity contribution < 1.29 is 17.9 Å². The zero-order chi connectivity index (χ0) is 14.7. The molecular weight excluding hydrogens is 288 g/mol. The fraction of sp³-hybridized carbons (Fsp3) is 0.0769. The molecule has 0 unspecified atom stereocenters. The monoisotopic (exact) mass is 297 g/mol. The molecule has 0 N–H and O–H groups in total. The molecule has 0 radical (unpaired) electrons. The van der Waals surface area contributed by atoms with Crippen molar-refractivity contribution in [3.8, 4) is 5.75 Å². The molecule has 0 aliphatic carbocycles. The van der Waals surface area contributed by atoms with Gasteiger partial charge in [-0.1, -0.05) is 18.2 Å². The van der Waals surface area contributed by atoms with Crippen LogP contribution in [0.15, 0.2) is 41.3 Å². The molecule has 0 saturated heterocycles. The first kappa shape index (κ1) is 14.3. The predicted octanol–water partition coefficient (Wildman–Crippen LogP) is 4.27. The Kier molecular flexibility index (Phi) is 4.19. The van der Waals surface area contributed by atoms with E-state index in [1.807, 2.05) is 19.1 Å². The molecule has 0 saturated carbocycles. The van der Waals surface area contributed by atoms with Gasteiger partial charge in [0.05, 0.1) is 27.9 Å². The molecule has 0 aliphatic heterocycles. The summed E-state index contributed by atoms with van der Waals surface area (Å²) in [5.41, 5.74) is 0.131. The zero-order valence-electron chi connectivity index (χ0n) is 10.3. The maximum Gasteiger partial charge on any atom is 0.318 e. The van der Waals surface area contributed by atoms with Crippen LogP contribution in [0.4, 0.5) is 14.5 Å². The van der Waals surface area contributed by atoms with Gasteiger partial charge in [0.1, 0.15) is 5.82 Å². The van der Waals surface area contributed by atoms with Gasteiger partial charge in [-0.15, -0.1) is 0 Å². The van der Waals surface area contributed by atoms with Crippen LogP contribution in [-0.2, 0) is 0 Å². The second-order valence-corrected chi connectivity index (χ2v) is 4.70. The summed E-state index contributed by atoms with van der Waals surface area (Å²) < 4.78 is 31.7. The molecule has 104 valence electrons. The fourth-order valence-electron chi connectivity index (χ4n) is 1.50. The van der Waals surface area contributed by atoms with Gasteiger partial charge in [0.15, 0.2) is 5.82 Å². The Balaban J connectivity index is 2.30. The van der Waals surface area contributed by atoms with Crippen LogP contribution >= 0.6 is 12.0 Å². The summed E-state index contributed by atoms with van der Waals surface area (Å²) in [5, 5.41) is 10.8. The van der Waals surface area contributed by atoms with Crippen LogP contribution in [0.3, 0.4) is 0 Å². The quantitative estimate of drug-likeness (QED) is 0.480. The largest absolute Gasteiger partial charge is 0.410 e. The standard InChI is InChI=1S/C13H9F2NO3S/c1-8-4-2-3-5-12(8)20-19-13-10(15)6-9(14)7-11(13)16(17)18/h2-7H,1H3. The smallest absolute Gasteiger partial charge is 0.318 e. The summed E-state index contributed by atoms with van der Waals surface area (Å²) >= 11 is 0.785. The normalized spacial score (nSPS) is 10.3. The van der Waals surface area contributed by atoms with Gasteiger partial charge >= 0.3 is 5.69 Å². The van der Waals surface area contributed by atoms with Gasteiger partial charge in [-0.25, -0.2) is 8.78 Å². The first-order valence-corrected chi connectivity index (χ1v) is 6.27. The van der Waals surface area contributed by atoms with Crippen molar-refractivity contribution in [3.63, 3.8) is 0 Å². The highest BCUT2D eigenvalue weighted by Gasteiger charge is 2.23. The first-order chi connectivity index (χ1) is 9.49. The van der Waals surface area contributed by atoms with Gasteiger partial charge in [0.25, 0.3) is 5.75 Å². The lowest BCUT2D eigenvalue weighted by Gasteiger charge is -2.07. The number of nitro benzene ring substituents is 1. The maximum absolute atomic E-state index is 13.6. The molecule has 2 aromatic rings. The second-order valence-electron chi connectivity index (χ2n) is 3.93. The van der Waals surface area contributed by atoms with E-state index < -0.39 is 28.0 Å². The molecule has 7 heteroatoms. The average Bonchev–Trinajstić information content (AvgIpc) is 2.38. The summed E-state index contributed by atoms with van der Waals surface area (Å²) in [6, 6.07) is 8.29. The fourth-order valence-corrected chi connectivity index (χ4v) is 2.17. The van der Waals surface area contributed by atoms with E-state index in [-0.39, 0.29) is 0 Å². The zero-order valence-corrected chi connectivity index (χ0v) is 11.1. The number of nitrogens with zero attached hydrogens (tertiary/aromatic N) is 1. The molecule has 20 heavy (non-hydrogen) atoms. The van der Waals surface area contributed by atoms with Gasteiger partial charge in [0, 0.05) is 6.07 Å². The van der Waals surface area contributed by atoms with Gasteiger partial charge < -0.3 is 4.18 Å². The van der Waals surface area contributed by atoms with E-state index in [0.29, 0.717) is 17.0 Å². The molecule has 0 fully saturated rings. The minimum atomic E-state index is -1.11. The van der Waals surface area contributed by atoms with Crippen LogP contribution in [0.5, 0.6) is 5.75 Å². The third-order valence-electron chi connectivity index (χ3n) is 2.49. The minimum absolute atomic E-state index is 0.542. The summed E-state index contributed by atoms with van der Waals surface area (Å²) in [6.07, 6.45) is 0. The molecular formula is C13H9F2NO3S. The second kappa shape index (κ2) is 5.87. The lowest BCUT2D eigenvalue weighted by Crippen LogP contribution is -1.97. The molecule has 0 spiro atoms. The molecule has 0 atom stereocenters. The third-order valence-corrected chi connectivity index (χ3v) is 3.38. The van der Waals surface area contributed by atoms with Crippen LogP contribution in [0.2, 0.25) is 0 Å². The van der Waals surface area contributed by atoms with Crippen molar-refractivity contribution in [1.29, 1.82) is 0 Å². The highest BCUT2D eigenvalue weighted by atomic mass is 32.2. The Hall–Kier alpha value is -2.15. The Morgan fingerprint density at radius 3 is 2.60 bits per heavy atom. The number of rotatable bonds is 4. The summed E-state index contributed by atoms with van der Waals surface area (Å²) in [6.45, 7) is 1.82. The van der Waals surface area contributed by atoms with Crippen LogP contribution < -0.4 is 4.18 Å². The molecule has 0 heterocycles. The van der Waals surface area contributed by atoms with Crippen LogP contribution in [0, 0.1) is 28.7 Å². The number of hydrogen-bond acceptors (Lipinski definition) is 4. The van der Waals surface area contributed by atoms with Crippen LogP contribution in [0.25, 0.3) is 0 Å². The van der Waals surface area contributed by atoms with E-state index in [1.165, 1.54) is 0 Å². The summed E-state index contributed by atoms with van der Waals surface area (Å²) in [4.78, 5) is 10.6. The topological polar surface area (TPSA) is 52.4 Å². The van der Waals surface area contributed by atoms with E-state index >= 15 is 0 Å². The summed E-state index contributed by atoms with van der Waals surface area (Å²) in [5.74, 6) is -2.73. The van der Waals surface area contributed by atoms with E-state index in [1.54, 1.807) is 12.1 Å². The van der Waals surface area contributed by atoms with Gasteiger partial charge in [0.2, 0.25) is 0 Å². The Bertz CT molecular complexity index is 664. The number of benzene rings is 2. The van der Waals surface area contributed by atoms with E-state index in [4.69, 9.17) is 4.18 Å². The lowest BCUT2D eigenvalue weighted by atomic mass is 10.2. The Labute approximate surface area is 117 Å². The van der Waals surface area contributed by atoms with Crippen molar-refractivity contribution in [2.75, 3.05) is 0 Å². The Morgan fingerprint density at radius 1 is 1.25 bits per heavy atom. The molecule has 0 amide bonds. The molecule has 2 aromatic carbocycles. The number of hydrogen-bond donors (Lipinski definition) is 0. The number of aryl methyl sites for hydroxylation is 1. The number of halogens is 2. The third kappa shape index (κ3) is 3.05. The maximum atomic E-state index is 13.6. The first-order valence-electron chi connectivity index (χ1n) is 5.52. The SMILES string of the molecule is Cc1ccccc1SOc1c(F)cc(F)cc1[N+](=O)[O-]. The van der Waals surface area contributed by atoms with Gasteiger partial charge in [-0.05, 0) is 18.6 Å². The van der Waals surface area contributed by atoms with E-state index in [0.717, 1.165) is 17.6 Å². The molecule has 4 nitrogen and oxygen atoms in total. The average molecular weight is 297 g/mol. The van der Waals surface area contributed by atoms with Crippen molar-refractivity contribution in [2.45, 2.75) is 11.8 Å². The predicted molar refractivity (Wildman–Crippen MR) is 70.7 cm³/mol. The van der Waals surface area contributed by atoms with E-state index in [2.05, 4.69) is 0 Å². The Morgan fingerprint density at radius 2 is 1.95 bits per heavy atom. The van der Waals surface area contributed by atoms with Crippen LogP contribution in [-0.4, -0.2) is 4.92 Å². The molecule has 0 aliphatic rings. The number of nitro groups is 1. The highest BCUT2D eigenvalue weighted by Crippen LogP contribution is 2.35. The van der Waals surface area contributed by atoms with Crippen molar-refractivity contribution in [3.05, 3.63) is 63.7 Å². The van der Waals surface area contributed by atoms with E-state index in [9.17, 15) is 18.9 Å². The van der Waals surface area contributed by atoms with Gasteiger partial charge in [-0.2, -0.15) is 0 Å². The van der Waals surface area contributed by atoms with Crippen molar-refractivity contribution >= 4 is 17.7 Å². The molecule has 0 aromatic heterocycles. The van der Waals surface area contributed by atoms with Crippen LogP contribution in [0.1, 0.15) is 5.56 Å². The van der Waals surface area contributed by atoms with Gasteiger partial charge in [-0.3, -0.25) is 10.1 Å². The minimum Gasteiger partial charge on any atom is -0.410 e. The molecule has 2 rings (SSSR count). The highest BCUT2D eigenvalue weighted by molar-refractivity contribution is 7.95. The lowest BCUT2D eigenvalue weighted by molar-refractivity contribution is -0.385. The summed E-state index contributed by atoms with van der Waals surface area (Å²) in [7, 11) is 0. The molecule has 0 bridgehead atoms.